The first kappa shape index (κ1) is 21.9. The number of aromatic hydroxyl groups is 1. The van der Waals surface area contributed by atoms with E-state index in [0.717, 1.165) is 0 Å². The van der Waals surface area contributed by atoms with Gasteiger partial charge in [-0.1, -0.05) is 12.1 Å². The van der Waals surface area contributed by atoms with Gasteiger partial charge < -0.3 is 19.7 Å². The molecule has 2 N–H and O–H groups in total. The maximum Gasteiger partial charge on any atom is 0.300 e. The van der Waals surface area contributed by atoms with E-state index in [1.807, 2.05) is 0 Å². The molecule has 168 valence electrons. The number of ketones is 1. The van der Waals surface area contributed by atoms with Crippen molar-refractivity contribution in [3.63, 3.8) is 0 Å². The molecule has 0 saturated carbocycles. The lowest BCUT2D eigenvalue weighted by atomic mass is 9.94. The largest absolute Gasteiger partial charge is 0.508 e. The van der Waals surface area contributed by atoms with Gasteiger partial charge in [0.15, 0.2) is 0 Å². The standard InChI is InChI=1S/C25H20FNO6/c1-32-18-11-12-19(20(13-18)33-2)23(29)21-22(14-3-9-17(28)10-4-14)27(25(31)24(21)30)16-7-5-15(26)6-8-16/h3-13,22,28-29H,1-2H3/b23-21-. The number of rotatable bonds is 5. The number of anilines is 1. The molecule has 0 spiro atoms. The first-order chi connectivity index (χ1) is 15.8. The first-order valence-corrected chi connectivity index (χ1v) is 9.93. The van der Waals surface area contributed by atoms with Crippen LogP contribution in [-0.2, 0) is 9.59 Å². The number of phenolic OH excluding ortho intramolecular Hbond substituents is 1. The molecule has 1 aliphatic rings. The summed E-state index contributed by atoms with van der Waals surface area (Å²) in [7, 11) is 2.88. The molecular weight excluding hydrogens is 429 g/mol. The van der Waals surface area contributed by atoms with Crippen LogP contribution >= 0.6 is 0 Å². The Morgan fingerprint density at radius 2 is 1.61 bits per heavy atom. The average Bonchev–Trinajstić information content (AvgIpc) is 3.09. The number of carbonyl (C=O) groups is 2. The summed E-state index contributed by atoms with van der Waals surface area (Å²) < 4.78 is 24.0. The lowest BCUT2D eigenvalue weighted by Crippen LogP contribution is -2.29. The number of hydrogen-bond donors (Lipinski definition) is 2. The van der Waals surface area contributed by atoms with Gasteiger partial charge in [-0.05, 0) is 54.1 Å². The number of aliphatic hydroxyl groups is 1. The second-order valence-electron chi connectivity index (χ2n) is 7.30. The number of phenols is 1. The number of benzene rings is 3. The molecule has 1 heterocycles. The second kappa shape index (κ2) is 8.66. The van der Waals surface area contributed by atoms with Crippen molar-refractivity contribution < 1.29 is 33.7 Å². The van der Waals surface area contributed by atoms with Gasteiger partial charge in [0.05, 0.1) is 31.4 Å². The van der Waals surface area contributed by atoms with E-state index >= 15 is 0 Å². The maximum absolute atomic E-state index is 13.5. The van der Waals surface area contributed by atoms with E-state index < -0.39 is 29.3 Å². The zero-order valence-electron chi connectivity index (χ0n) is 17.8. The molecule has 1 amide bonds. The summed E-state index contributed by atoms with van der Waals surface area (Å²) in [5, 5.41) is 20.9. The highest BCUT2D eigenvalue weighted by molar-refractivity contribution is 6.51. The molecule has 0 aliphatic carbocycles. The molecule has 1 unspecified atom stereocenters. The highest BCUT2D eigenvalue weighted by Gasteiger charge is 2.47. The van der Waals surface area contributed by atoms with Crippen LogP contribution in [0.15, 0.2) is 72.3 Å². The van der Waals surface area contributed by atoms with Crippen LogP contribution in [0.25, 0.3) is 5.76 Å². The van der Waals surface area contributed by atoms with E-state index in [0.29, 0.717) is 11.3 Å². The van der Waals surface area contributed by atoms with Gasteiger partial charge in [0, 0.05) is 11.8 Å². The van der Waals surface area contributed by atoms with Crippen molar-refractivity contribution in [2.75, 3.05) is 19.1 Å². The summed E-state index contributed by atoms with van der Waals surface area (Å²) in [6, 6.07) is 14.6. The van der Waals surface area contributed by atoms with Crippen LogP contribution < -0.4 is 14.4 Å². The van der Waals surface area contributed by atoms with Gasteiger partial charge in [-0.3, -0.25) is 14.5 Å². The van der Waals surface area contributed by atoms with E-state index in [2.05, 4.69) is 0 Å². The molecular formula is C25H20FNO6. The summed E-state index contributed by atoms with van der Waals surface area (Å²) in [6.45, 7) is 0. The maximum atomic E-state index is 13.5. The molecule has 1 fully saturated rings. The van der Waals surface area contributed by atoms with Gasteiger partial charge in [0.2, 0.25) is 0 Å². The van der Waals surface area contributed by atoms with Crippen LogP contribution in [0.2, 0.25) is 0 Å². The third-order valence-corrected chi connectivity index (χ3v) is 5.42. The molecule has 0 aromatic heterocycles. The van der Waals surface area contributed by atoms with Crippen molar-refractivity contribution in [2.24, 2.45) is 0 Å². The van der Waals surface area contributed by atoms with Crippen LogP contribution in [-0.4, -0.2) is 36.1 Å². The third-order valence-electron chi connectivity index (χ3n) is 5.42. The number of nitrogens with zero attached hydrogens (tertiary/aromatic N) is 1. The Bertz CT molecular complexity index is 1250. The molecule has 1 saturated heterocycles. The smallest absolute Gasteiger partial charge is 0.300 e. The number of halogens is 1. The summed E-state index contributed by atoms with van der Waals surface area (Å²) in [5.74, 6) is -2.01. The highest BCUT2D eigenvalue weighted by atomic mass is 19.1. The van der Waals surface area contributed by atoms with Crippen LogP contribution in [0.5, 0.6) is 17.2 Å². The quantitative estimate of drug-likeness (QED) is 0.345. The number of amides is 1. The number of aliphatic hydroxyl groups excluding tert-OH is 1. The highest BCUT2D eigenvalue weighted by Crippen LogP contribution is 2.43. The lowest BCUT2D eigenvalue weighted by molar-refractivity contribution is -0.132. The van der Waals surface area contributed by atoms with Gasteiger partial charge in [-0.15, -0.1) is 0 Å². The second-order valence-corrected chi connectivity index (χ2v) is 7.30. The van der Waals surface area contributed by atoms with E-state index in [4.69, 9.17) is 9.47 Å². The fraction of sp³-hybridized carbons (Fsp3) is 0.120. The Kier molecular flexibility index (Phi) is 5.74. The van der Waals surface area contributed by atoms with Crippen molar-refractivity contribution in [3.05, 3.63) is 89.2 Å². The fourth-order valence-electron chi connectivity index (χ4n) is 3.81. The Balaban J connectivity index is 1.95. The normalized spacial score (nSPS) is 17.3. The van der Waals surface area contributed by atoms with Gasteiger partial charge in [0.1, 0.15) is 28.8 Å². The molecule has 3 aromatic carbocycles. The molecule has 0 radical (unpaired) electrons. The number of hydrogen-bond acceptors (Lipinski definition) is 6. The number of methoxy groups -OCH3 is 2. The van der Waals surface area contributed by atoms with Crippen LogP contribution in [0.4, 0.5) is 10.1 Å². The summed E-state index contributed by atoms with van der Waals surface area (Å²) in [5.41, 5.74) is 0.764. The van der Waals surface area contributed by atoms with Gasteiger partial charge in [-0.2, -0.15) is 0 Å². The number of carbonyl (C=O) groups excluding carboxylic acids is 2. The predicted octanol–water partition coefficient (Wildman–Crippen LogP) is 4.17. The average molecular weight is 449 g/mol. The molecule has 3 aromatic rings. The summed E-state index contributed by atoms with van der Waals surface area (Å²) >= 11 is 0. The van der Waals surface area contributed by atoms with Crippen molar-refractivity contribution in [2.45, 2.75) is 6.04 Å². The lowest BCUT2D eigenvalue weighted by Gasteiger charge is -2.25. The monoisotopic (exact) mass is 449 g/mol. The minimum absolute atomic E-state index is 0.00527. The van der Waals surface area contributed by atoms with Crippen molar-refractivity contribution in [1.29, 1.82) is 0 Å². The van der Waals surface area contributed by atoms with Crippen LogP contribution in [0.3, 0.4) is 0 Å². The Morgan fingerprint density at radius 3 is 2.21 bits per heavy atom. The predicted molar refractivity (Wildman–Crippen MR) is 119 cm³/mol. The zero-order chi connectivity index (χ0) is 23.7. The Morgan fingerprint density at radius 1 is 0.939 bits per heavy atom. The van der Waals surface area contributed by atoms with Gasteiger partial charge in [0.25, 0.3) is 11.7 Å². The van der Waals surface area contributed by atoms with Crippen LogP contribution in [0.1, 0.15) is 17.2 Å². The van der Waals surface area contributed by atoms with Crippen molar-refractivity contribution in [1.82, 2.24) is 0 Å². The molecule has 1 aliphatic heterocycles. The topological polar surface area (TPSA) is 96.3 Å². The van der Waals surface area contributed by atoms with E-state index in [1.54, 1.807) is 24.3 Å². The zero-order valence-corrected chi connectivity index (χ0v) is 17.8. The van der Waals surface area contributed by atoms with E-state index in [-0.39, 0.29) is 28.3 Å². The van der Waals surface area contributed by atoms with E-state index in [9.17, 15) is 24.2 Å². The fourth-order valence-corrected chi connectivity index (χ4v) is 3.81. The number of Topliss-reactive ketones (excluding diaryl/α,β-unsaturated/α-hetero) is 1. The summed E-state index contributed by atoms with van der Waals surface area (Å²) in [4.78, 5) is 27.4. The molecule has 4 rings (SSSR count). The van der Waals surface area contributed by atoms with Crippen molar-refractivity contribution >= 4 is 23.1 Å². The van der Waals surface area contributed by atoms with Crippen molar-refractivity contribution in [3.8, 4) is 17.2 Å². The molecule has 1 atom stereocenters. The minimum Gasteiger partial charge on any atom is -0.508 e. The Hall–Kier alpha value is -4.33. The molecule has 33 heavy (non-hydrogen) atoms. The van der Waals surface area contributed by atoms with E-state index in [1.165, 1.54) is 61.6 Å². The third kappa shape index (κ3) is 3.87. The Labute approximate surface area is 188 Å². The molecule has 7 nitrogen and oxygen atoms in total. The molecule has 8 heteroatoms. The molecule has 0 bridgehead atoms. The SMILES string of the molecule is COc1ccc(/C(O)=C2/C(=O)C(=O)N(c3ccc(F)cc3)C2c2ccc(O)cc2)c(OC)c1. The van der Waals surface area contributed by atoms with Crippen LogP contribution in [0, 0.1) is 5.82 Å². The minimum atomic E-state index is -1.03. The van der Waals surface area contributed by atoms with Gasteiger partial charge in [-0.25, -0.2) is 4.39 Å². The summed E-state index contributed by atoms with van der Waals surface area (Å²) in [6.07, 6.45) is 0. The first-order valence-electron chi connectivity index (χ1n) is 9.93. The van der Waals surface area contributed by atoms with Gasteiger partial charge >= 0.3 is 0 Å². The number of ether oxygens (including phenoxy) is 2.